The van der Waals surface area contributed by atoms with Crippen molar-refractivity contribution in [2.45, 2.75) is 13.3 Å². The maximum absolute atomic E-state index is 11.5. The summed E-state index contributed by atoms with van der Waals surface area (Å²) in [4.78, 5) is 15.9. The molecule has 0 saturated carbocycles. The Morgan fingerprint density at radius 2 is 2.25 bits per heavy atom. The highest BCUT2D eigenvalue weighted by atomic mass is 16.5. The maximum Gasteiger partial charge on any atom is 0.357 e. The second-order valence-corrected chi connectivity index (χ2v) is 4.02. The number of rotatable bonds is 0. The molecule has 2 aromatic rings. The first-order valence-corrected chi connectivity index (χ1v) is 5.32. The molecule has 0 atom stereocenters. The summed E-state index contributed by atoms with van der Waals surface area (Å²) in [5.74, 6) is -0.301. The molecule has 0 bridgehead atoms. The zero-order valence-electron chi connectivity index (χ0n) is 8.99. The van der Waals surface area contributed by atoms with Crippen LogP contribution in [0.4, 0.5) is 0 Å². The standard InChI is InChI=1S/C13H11NO2/c1-8-3-2-4-11-10(8)7-9-5-6-16-13(15)12(9)14-11/h2-4,7H,5-6H2,1H3. The molecule has 0 spiro atoms. The quantitative estimate of drug-likeness (QED) is 0.630. The molecule has 1 aliphatic heterocycles. The van der Waals surface area contributed by atoms with Crippen LogP contribution in [0.25, 0.3) is 10.9 Å². The van der Waals surface area contributed by atoms with Crippen LogP contribution in [-0.2, 0) is 11.2 Å². The van der Waals surface area contributed by atoms with E-state index in [0.717, 1.165) is 22.9 Å². The molecule has 0 saturated heterocycles. The Bertz CT molecular complexity index is 590. The van der Waals surface area contributed by atoms with Crippen LogP contribution >= 0.6 is 0 Å². The molecule has 0 fully saturated rings. The first-order valence-electron chi connectivity index (χ1n) is 5.32. The Morgan fingerprint density at radius 3 is 3.12 bits per heavy atom. The summed E-state index contributed by atoms with van der Waals surface area (Å²) >= 11 is 0. The second kappa shape index (κ2) is 3.30. The smallest absolute Gasteiger partial charge is 0.357 e. The van der Waals surface area contributed by atoms with E-state index in [0.29, 0.717) is 12.3 Å². The largest absolute Gasteiger partial charge is 0.461 e. The maximum atomic E-state index is 11.5. The Morgan fingerprint density at radius 1 is 1.38 bits per heavy atom. The van der Waals surface area contributed by atoms with E-state index in [1.54, 1.807) is 0 Å². The number of aryl methyl sites for hydroxylation is 1. The minimum absolute atomic E-state index is 0.301. The highest BCUT2D eigenvalue weighted by molar-refractivity contribution is 5.94. The molecule has 0 unspecified atom stereocenters. The number of aromatic nitrogens is 1. The highest BCUT2D eigenvalue weighted by Gasteiger charge is 2.20. The van der Waals surface area contributed by atoms with Gasteiger partial charge in [-0.05, 0) is 30.2 Å². The molecule has 0 aliphatic carbocycles. The predicted molar refractivity (Wildman–Crippen MR) is 60.5 cm³/mol. The van der Waals surface area contributed by atoms with Gasteiger partial charge in [0.05, 0.1) is 12.1 Å². The number of benzene rings is 1. The molecule has 1 aromatic carbocycles. The molecule has 16 heavy (non-hydrogen) atoms. The molecule has 3 heteroatoms. The van der Waals surface area contributed by atoms with Crippen LogP contribution < -0.4 is 0 Å². The third kappa shape index (κ3) is 1.28. The summed E-state index contributed by atoms with van der Waals surface area (Å²) in [5.41, 5.74) is 3.52. The van der Waals surface area contributed by atoms with Crippen molar-refractivity contribution >= 4 is 16.9 Å². The molecular weight excluding hydrogens is 202 g/mol. The van der Waals surface area contributed by atoms with Crippen LogP contribution in [0.15, 0.2) is 24.3 Å². The summed E-state index contributed by atoms with van der Waals surface area (Å²) in [5, 5.41) is 1.12. The van der Waals surface area contributed by atoms with E-state index in [4.69, 9.17) is 4.74 Å². The van der Waals surface area contributed by atoms with Gasteiger partial charge in [0.2, 0.25) is 0 Å². The molecule has 1 aliphatic rings. The minimum atomic E-state index is -0.301. The van der Waals surface area contributed by atoms with E-state index in [9.17, 15) is 4.79 Å². The van der Waals surface area contributed by atoms with Crippen LogP contribution in [0.5, 0.6) is 0 Å². The Hall–Kier alpha value is -1.90. The van der Waals surface area contributed by atoms with E-state index < -0.39 is 0 Å². The van der Waals surface area contributed by atoms with Crippen molar-refractivity contribution in [3.05, 3.63) is 41.1 Å². The van der Waals surface area contributed by atoms with Crippen LogP contribution in [0.3, 0.4) is 0 Å². The van der Waals surface area contributed by atoms with Gasteiger partial charge >= 0.3 is 5.97 Å². The van der Waals surface area contributed by atoms with E-state index >= 15 is 0 Å². The third-order valence-corrected chi connectivity index (χ3v) is 2.95. The zero-order valence-corrected chi connectivity index (χ0v) is 8.99. The Balaban J connectivity index is 2.34. The van der Waals surface area contributed by atoms with Crippen molar-refractivity contribution in [3.8, 4) is 0 Å². The van der Waals surface area contributed by atoms with Crippen molar-refractivity contribution in [3.63, 3.8) is 0 Å². The van der Waals surface area contributed by atoms with E-state index in [-0.39, 0.29) is 5.97 Å². The third-order valence-electron chi connectivity index (χ3n) is 2.95. The number of hydrogen-bond donors (Lipinski definition) is 0. The average molecular weight is 213 g/mol. The Kier molecular flexibility index (Phi) is 1.93. The number of ether oxygens (including phenoxy) is 1. The number of nitrogens with zero attached hydrogens (tertiary/aromatic N) is 1. The zero-order chi connectivity index (χ0) is 11.1. The van der Waals surface area contributed by atoms with Crippen molar-refractivity contribution in [1.29, 1.82) is 0 Å². The SMILES string of the molecule is Cc1cccc2nc3c(cc12)CCOC3=O. The molecule has 0 radical (unpaired) electrons. The first-order chi connectivity index (χ1) is 7.75. The fourth-order valence-electron chi connectivity index (χ4n) is 2.07. The second-order valence-electron chi connectivity index (χ2n) is 4.02. The summed E-state index contributed by atoms with van der Waals surface area (Å²) in [6.45, 7) is 2.52. The summed E-state index contributed by atoms with van der Waals surface area (Å²) in [7, 11) is 0. The van der Waals surface area contributed by atoms with Crippen molar-refractivity contribution in [1.82, 2.24) is 4.98 Å². The van der Waals surface area contributed by atoms with Crippen molar-refractivity contribution in [2.24, 2.45) is 0 Å². The molecular formula is C13H11NO2. The van der Waals surface area contributed by atoms with Crippen LogP contribution in [0.2, 0.25) is 0 Å². The minimum Gasteiger partial charge on any atom is -0.461 e. The van der Waals surface area contributed by atoms with Gasteiger partial charge in [-0.15, -0.1) is 0 Å². The van der Waals surface area contributed by atoms with Gasteiger partial charge in [0, 0.05) is 11.8 Å². The topological polar surface area (TPSA) is 39.2 Å². The molecule has 3 rings (SSSR count). The van der Waals surface area contributed by atoms with Gasteiger partial charge in [-0.2, -0.15) is 0 Å². The molecule has 2 heterocycles. The average Bonchev–Trinajstić information content (AvgIpc) is 2.29. The number of carbonyl (C=O) groups is 1. The monoisotopic (exact) mass is 213 g/mol. The molecule has 0 N–H and O–H groups in total. The lowest BCUT2D eigenvalue weighted by atomic mass is 10.0. The van der Waals surface area contributed by atoms with Gasteiger partial charge in [-0.25, -0.2) is 9.78 Å². The van der Waals surface area contributed by atoms with E-state index in [1.807, 2.05) is 12.1 Å². The van der Waals surface area contributed by atoms with Gasteiger partial charge < -0.3 is 4.74 Å². The van der Waals surface area contributed by atoms with Crippen LogP contribution in [-0.4, -0.2) is 17.6 Å². The van der Waals surface area contributed by atoms with E-state index in [1.165, 1.54) is 5.56 Å². The summed E-state index contributed by atoms with van der Waals surface area (Å²) in [6.07, 6.45) is 0.762. The van der Waals surface area contributed by atoms with Gasteiger partial charge in [0.25, 0.3) is 0 Å². The lowest BCUT2D eigenvalue weighted by molar-refractivity contribution is 0.0472. The number of fused-ring (bicyclic) bond motifs is 2. The lowest BCUT2D eigenvalue weighted by Gasteiger charge is -2.15. The van der Waals surface area contributed by atoms with Crippen molar-refractivity contribution in [2.75, 3.05) is 6.61 Å². The predicted octanol–water partition coefficient (Wildman–Crippen LogP) is 2.26. The van der Waals surface area contributed by atoms with Crippen molar-refractivity contribution < 1.29 is 9.53 Å². The van der Waals surface area contributed by atoms with Gasteiger partial charge in [0.15, 0.2) is 5.69 Å². The van der Waals surface area contributed by atoms with Gasteiger partial charge in [-0.1, -0.05) is 12.1 Å². The van der Waals surface area contributed by atoms with Crippen LogP contribution in [0.1, 0.15) is 21.6 Å². The molecule has 80 valence electrons. The number of cyclic esters (lactones) is 1. The number of hydrogen-bond acceptors (Lipinski definition) is 3. The number of esters is 1. The fourth-order valence-corrected chi connectivity index (χ4v) is 2.07. The van der Waals surface area contributed by atoms with E-state index in [2.05, 4.69) is 24.0 Å². The lowest BCUT2D eigenvalue weighted by Crippen LogP contribution is -2.19. The van der Waals surface area contributed by atoms with Crippen LogP contribution in [0, 0.1) is 6.92 Å². The summed E-state index contributed by atoms with van der Waals surface area (Å²) in [6, 6.07) is 7.99. The normalized spacial score (nSPS) is 14.7. The molecule has 3 nitrogen and oxygen atoms in total. The fraction of sp³-hybridized carbons (Fsp3) is 0.231. The molecule has 0 amide bonds. The summed E-state index contributed by atoms with van der Waals surface area (Å²) < 4.78 is 4.98. The molecule has 1 aromatic heterocycles. The number of pyridine rings is 1. The van der Waals surface area contributed by atoms with Gasteiger partial charge in [-0.3, -0.25) is 0 Å². The first kappa shape index (κ1) is 9.33. The Labute approximate surface area is 93.1 Å². The van der Waals surface area contributed by atoms with Gasteiger partial charge in [0.1, 0.15) is 0 Å². The number of carbonyl (C=O) groups excluding carboxylic acids is 1. The highest BCUT2D eigenvalue weighted by Crippen LogP contribution is 2.23.